The summed E-state index contributed by atoms with van der Waals surface area (Å²) < 4.78 is 0. The highest BCUT2D eigenvalue weighted by Crippen LogP contribution is 2.54. The van der Waals surface area contributed by atoms with E-state index in [1.165, 1.54) is 25.7 Å². The average Bonchev–Trinajstić information content (AvgIpc) is 2.30. The molecule has 3 fully saturated rings. The third-order valence-electron chi connectivity index (χ3n) is 5.89. The van der Waals surface area contributed by atoms with E-state index in [2.05, 4.69) is 6.82 Å². The summed E-state index contributed by atoms with van der Waals surface area (Å²) in [5.74, 6) is 4.51. The van der Waals surface area contributed by atoms with Gasteiger partial charge in [0, 0.05) is 0 Å². The van der Waals surface area contributed by atoms with Crippen LogP contribution in [0, 0.1) is 11.8 Å². The zero-order chi connectivity index (χ0) is 10.3. The first-order valence-corrected chi connectivity index (χ1v) is 7.36. The summed E-state index contributed by atoms with van der Waals surface area (Å²) in [6.07, 6.45) is 14.0. The van der Waals surface area contributed by atoms with Gasteiger partial charge in [0.15, 0.2) is 0 Å². The fraction of sp³-hybridized carbons (Fsp3) is 1.00. The highest BCUT2D eigenvalue weighted by Gasteiger charge is 2.44. The Labute approximate surface area is 95.3 Å². The van der Waals surface area contributed by atoms with Gasteiger partial charge in [-0.3, -0.25) is 0 Å². The van der Waals surface area contributed by atoms with Crippen molar-refractivity contribution in [3.63, 3.8) is 0 Å². The van der Waals surface area contributed by atoms with Crippen LogP contribution in [0.5, 0.6) is 0 Å². The van der Waals surface area contributed by atoms with Crippen molar-refractivity contribution in [2.45, 2.75) is 76.2 Å². The predicted octanol–water partition coefficient (Wildman–Crippen LogP) is 4.64. The van der Waals surface area contributed by atoms with Crippen LogP contribution in [0.4, 0.5) is 0 Å². The summed E-state index contributed by atoms with van der Waals surface area (Å²) in [5.41, 5.74) is 0. The minimum absolute atomic E-state index is 1.06. The molecule has 0 bridgehead atoms. The maximum Gasteiger partial charge on any atom is 0.143 e. The number of rotatable bonds is 0. The standard InChI is InChI=1S/C14H25B/c1-15-13-8-4-2-6-11(13)10-12-7-3-5-9-14(12)15/h11-14H,2-10H2,1H3. The molecule has 2 aliphatic carbocycles. The molecule has 0 radical (unpaired) electrons. The molecule has 1 aliphatic heterocycles. The van der Waals surface area contributed by atoms with Gasteiger partial charge in [0.05, 0.1) is 0 Å². The Hall–Kier alpha value is 0.0649. The van der Waals surface area contributed by atoms with E-state index in [-0.39, 0.29) is 0 Å². The summed E-state index contributed by atoms with van der Waals surface area (Å²) in [4.78, 5) is 0. The SMILES string of the molecule is CB1C2CCCCC2CC2CCCCC12. The Bertz CT molecular complexity index is 203. The van der Waals surface area contributed by atoms with Gasteiger partial charge in [-0.15, -0.1) is 0 Å². The van der Waals surface area contributed by atoms with Gasteiger partial charge in [-0.05, 0) is 18.3 Å². The van der Waals surface area contributed by atoms with Gasteiger partial charge in [0.1, 0.15) is 6.71 Å². The summed E-state index contributed by atoms with van der Waals surface area (Å²) in [6.45, 7) is 3.65. The van der Waals surface area contributed by atoms with Crippen LogP contribution in [0.1, 0.15) is 57.8 Å². The molecule has 3 rings (SSSR count). The van der Waals surface area contributed by atoms with E-state index in [1.807, 2.05) is 0 Å². The average molecular weight is 204 g/mol. The minimum Gasteiger partial charge on any atom is -0.0856 e. The van der Waals surface area contributed by atoms with E-state index in [4.69, 9.17) is 0 Å². The molecule has 0 aromatic heterocycles. The Balaban J connectivity index is 1.76. The quantitative estimate of drug-likeness (QED) is 0.504. The molecule has 2 saturated carbocycles. The third kappa shape index (κ3) is 1.76. The van der Waals surface area contributed by atoms with Crippen molar-refractivity contribution in [3.8, 4) is 0 Å². The van der Waals surface area contributed by atoms with Crippen molar-refractivity contribution in [2.75, 3.05) is 0 Å². The summed E-state index contributed by atoms with van der Waals surface area (Å²) in [5, 5.41) is 0. The Morgan fingerprint density at radius 3 is 1.73 bits per heavy atom. The highest BCUT2D eigenvalue weighted by atomic mass is 14.4. The number of fused-ring (bicyclic) bond motifs is 2. The monoisotopic (exact) mass is 204 g/mol. The predicted molar refractivity (Wildman–Crippen MR) is 67.7 cm³/mol. The third-order valence-corrected chi connectivity index (χ3v) is 5.89. The smallest absolute Gasteiger partial charge is 0.0856 e. The van der Waals surface area contributed by atoms with Crippen LogP contribution in [0.15, 0.2) is 0 Å². The molecular formula is C14H25B. The van der Waals surface area contributed by atoms with Crippen LogP contribution >= 0.6 is 0 Å². The Morgan fingerprint density at radius 1 is 0.733 bits per heavy atom. The molecular weight excluding hydrogens is 179 g/mol. The largest absolute Gasteiger partial charge is 0.143 e. The van der Waals surface area contributed by atoms with E-state index in [0.29, 0.717) is 0 Å². The lowest BCUT2D eigenvalue weighted by Gasteiger charge is -2.49. The zero-order valence-corrected chi connectivity index (χ0v) is 10.3. The molecule has 0 nitrogen and oxygen atoms in total. The highest BCUT2D eigenvalue weighted by molar-refractivity contribution is 6.61. The van der Waals surface area contributed by atoms with Gasteiger partial charge in [0.25, 0.3) is 0 Å². The van der Waals surface area contributed by atoms with Gasteiger partial charge in [0.2, 0.25) is 0 Å². The van der Waals surface area contributed by atoms with Gasteiger partial charge < -0.3 is 0 Å². The first kappa shape index (κ1) is 10.2. The number of hydrogen-bond donors (Lipinski definition) is 0. The van der Waals surface area contributed by atoms with Gasteiger partial charge in [-0.2, -0.15) is 0 Å². The fourth-order valence-electron chi connectivity index (χ4n) is 5.15. The first-order valence-electron chi connectivity index (χ1n) is 7.36. The second-order valence-electron chi connectivity index (χ2n) is 6.51. The molecule has 3 aliphatic rings. The van der Waals surface area contributed by atoms with Crippen LogP contribution in [0.25, 0.3) is 0 Å². The minimum atomic E-state index is 1.06. The Kier molecular flexibility index (Phi) is 2.83. The van der Waals surface area contributed by atoms with E-state index >= 15 is 0 Å². The lowest BCUT2D eigenvalue weighted by atomic mass is 9.25. The van der Waals surface area contributed by atoms with E-state index < -0.39 is 0 Å². The molecule has 0 amide bonds. The summed E-state index contributed by atoms with van der Waals surface area (Å²) in [6, 6.07) is 0. The van der Waals surface area contributed by atoms with E-state index in [0.717, 1.165) is 30.2 Å². The van der Waals surface area contributed by atoms with Crippen molar-refractivity contribution >= 4 is 6.71 Å². The van der Waals surface area contributed by atoms with Crippen molar-refractivity contribution in [1.82, 2.24) is 0 Å². The fourth-order valence-corrected chi connectivity index (χ4v) is 5.15. The van der Waals surface area contributed by atoms with Crippen LogP contribution in [-0.2, 0) is 0 Å². The molecule has 0 spiro atoms. The van der Waals surface area contributed by atoms with Crippen LogP contribution in [-0.4, -0.2) is 6.71 Å². The first-order chi connectivity index (χ1) is 7.36. The summed E-state index contributed by atoms with van der Waals surface area (Å²) >= 11 is 0. The topological polar surface area (TPSA) is 0 Å². The second kappa shape index (κ2) is 4.15. The number of hydrogen-bond acceptors (Lipinski definition) is 0. The van der Waals surface area contributed by atoms with Gasteiger partial charge in [-0.25, -0.2) is 0 Å². The van der Waals surface area contributed by atoms with Gasteiger partial charge in [-0.1, -0.05) is 69.8 Å². The molecule has 1 heteroatoms. The molecule has 15 heavy (non-hydrogen) atoms. The zero-order valence-electron chi connectivity index (χ0n) is 10.3. The van der Waals surface area contributed by atoms with Crippen LogP contribution in [0.3, 0.4) is 0 Å². The van der Waals surface area contributed by atoms with Crippen molar-refractivity contribution in [3.05, 3.63) is 0 Å². The molecule has 4 unspecified atom stereocenters. The lowest BCUT2D eigenvalue weighted by Crippen LogP contribution is -2.41. The normalized spacial score (nSPS) is 45.8. The van der Waals surface area contributed by atoms with Crippen molar-refractivity contribution in [1.29, 1.82) is 0 Å². The molecule has 84 valence electrons. The molecule has 0 aromatic carbocycles. The molecule has 1 saturated heterocycles. The van der Waals surface area contributed by atoms with Crippen molar-refractivity contribution < 1.29 is 0 Å². The van der Waals surface area contributed by atoms with Gasteiger partial charge >= 0.3 is 0 Å². The van der Waals surface area contributed by atoms with Crippen molar-refractivity contribution in [2.24, 2.45) is 11.8 Å². The molecule has 0 N–H and O–H groups in total. The molecule has 1 heterocycles. The van der Waals surface area contributed by atoms with E-state index in [1.54, 1.807) is 32.1 Å². The maximum absolute atomic E-state index is 2.59. The lowest BCUT2D eigenvalue weighted by molar-refractivity contribution is 0.212. The molecule has 0 aromatic rings. The van der Waals surface area contributed by atoms with Crippen LogP contribution in [0.2, 0.25) is 18.5 Å². The molecule has 4 atom stereocenters. The summed E-state index contributed by atoms with van der Waals surface area (Å²) in [7, 11) is 0. The second-order valence-corrected chi connectivity index (χ2v) is 6.51. The van der Waals surface area contributed by atoms with E-state index in [9.17, 15) is 0 Å². The maximum atomic E-state index is 2.59. The van der Waals surface area contributed by atoms with Crippen LogP contribution < -0.4 is 0 Å². The Morgan fingerprint density at radius 2 is 1.20 bits per heavy atom.